The number of nitrogens with two attached hydrogens (primary N) is 1. The zero-order valence-electron chi connectivity index (χ0n) is 20.7. The van der Waals surface area contributed by atoms with Crippen LogP contribution in [0.5, 0.6) is 0 Å². The van der Waals surface area contributed by atoms with Gasteiger partial charge in [0.25, 0.3) is 5.56 Å². The van der Waals surface area contributed by atoms with Crippen LogP contribution in [0.4, 0.5) is 0 Å². The average Bonchev–Trinajstić information content (AvgIpc) is 3.00. The number of ether oxygens (including phenoxy) is 2. The van der Waals surface area contributed by atoms with Crippen molar-refractivity contribution >= 4 is 11.7 Å². The molecule has 1 fully saturated rings. The van der Waals surface area contributed by atoms with Gasteiger partial charge in [0.1, 0.15) is 11.4 Å². The molecule has 1 aromatic carbocycles. The van der Waals surface area contributed by atoms with Crippen LogP contribution < -0.4 is 11.3 Å². The first-order chi connectivity index (χ1) is 16.3. The van der Waals surface area contributed by atoms with Crippen molar-refractivity contribution in [2.45, 2.75) is 33.9 Å². The molecule has 2 aromatic rings. The molecule has 0 bridgehead atoms. The number of aryl methyl sites for hydroxylation is 1. The van der Waals surface area contributed by atoms with Gasteiger partial charge in [0.05, 0.1) is 39.5 Å². The lowest BCUT2D eigenvalue weighted by Gasteiger charge is -2.28. The highest BCUT2D eigenvalue weighted by atomic mass is 16.5. The Hall–Kier alpha value is -3.17. The summed E-state index contributed by atoms with van der Waals surface area (Å²) in [6, 6.07) is 7.77. The standard InChI is InChI=1S/C18H23N5O2.C7H13NO/c1-12-4-6-14(7-5-12)16(19)21-17(20-3)15-13(2)22-8-10-25-11-9-23(22)18(15)24;1-7(2)8-3-5-9-6-4-8/h4-7H,8-11H2,1-3H3,(H2,19,20,21);1,3-6H2,2H3. The summed E-state index contributed by atoms with van der Waals surface area (Å²) in [5.41, 5.74) is 10.5. The summed E-state index contributed by atoms with van der Waals surface area (Å²) in [4.78, 5) is 23.7. The van der Waals surface area contributed by atoms with Gasteiger partial charge in [-0.15, -0.1) is 0 Å². The first-order valence-corrected chi connectivity index (χ1v) is 11.6. The van der Waals surface area contributed by atoms with Gasteiger partial charge in [0, 0.05) is 37.1 Å². The second-order valence-electron chi connectivity index (χ2n) is 8.37. The van der Waals surface area contributed by atoms with E-state index in [1.807, 2.05) is 49.7 Å². The van der Waals surface area contributed by atoms with Crippen LogP contribution in [-0.4, -0.2) is 72.5 Å². The third-order valence-electron chi connectivity index (χ3n) is 5.94. The van der Waals surface area contributed by atoms with Gasteiger partial charge in [-0.1, -0.05) is 36.4 Å². The molecular formula is C25H36N6O3. The number of rotatable bonds is 3. The van der Waals surface area contributed by atoms with Gasteiger partial charge in [0.15, 0.2) is 5.84 Å². The number of hydrogen-bond acceptors (Lipinski definition) is 5. The number of aliphatic imine (C=N–C) groups is 2. The summed E-state index contributed by atoms with van der Waals surface area (Å²) >= 11 is 0. The first-order valence-electron chi connectivity index (χ1n) is 11.6. The van der Waals surface area contributed by atoms with Gasteiger partial charge in [-0.2, -0.15) is 0 Å². The number of nitrogens with zero attached hydrogens (tertiary/aromatic N) is 5. The molecule has 0 radical (unpaired) electrons. The van der Waals surface area contributed by atoms with Crippen LogP contribution >= 0.6 is 0 Å². The molecule has 9 heteroatoms. The molecule has 3 heterocycles. The molecule has 9 nitrogen and oxygen atoms in total. The highest BCUT2D eigenvalue weighted by molar-refractivity contribution is 6.11. The van der Waals surface area contributed by atoms with E-state index in [1.54, 1.807) is 11.7 Å². The van der Waals surface area contributed by atoms with Crippen molar-refractivity contribution in [3.8, 4) is 0 Å². The van der Waals surface area contributed by atoms with Crippen LogP contribution in [0.3, 0.4) is 0 Å². The third-order valence-corrected chi connectivity index (χ3v) is 5.94. The maximum absolute atomic E-state index is 12.8. The smallest absolute Gasteiger partial charge is 0.278 e. The molecule has 34 heavy (non-hydrogen) atoms. The molecule has 4 rings (SSSR count). The fourth-order valence-corrected chi connectivity index (χ4v) is 3.94. The fraction of sp³-hybridized carbons (Fsp3) is 0.480. The first kappa shape index (κ1) is 25.5. The molecule has 2 N–H and O–H groups in total. The Morgan fingerprint density at radius 2 is 1.53 bits per heavy atom. The normalized spacial score (nSPS) is 16.9. The van der Waals surface area contributed by atoms with Crippen LogP contribution in [0.25, 0.3) is 0 Å². The molecule has 2 aliphatic rings. The summed E-state index contributed by atoms with van der Waals surface area (Å²) < 4.78 is 14.2. The van der Waals surface area contributed by atoms with Gasteiger partial charge in [-0.05, 0) is 20.8 Å². The zero-order valence-corrected chi connectivity index (χ0v) is 20.7. The van der Waals surface area contributed by atoms with Crippen LogP contribution in [0, 0.1) is 13.8 Å². The summed E-state index contributed by atoms with van der Waals surface area (Å²) in [6.45, 7) is 15.8. The number of fused-ring (bicyclic) bond motifs is 1. The van der Waals surface area contributed by atoms with E-state index >= 15 is 0 Å². The lowest BCUT2D eigenvalue weighted by atomic mass is 10.1. The zero-order chi connectivity index (χ0) is 24.7. The van der Waals surface area contributed by atoms with E-state index in [0.29, 0.717) is 43.5 Å². The minimum absolute atomic E-state index is 0.107. The number of aromatic nitrogens is 2. The van der Waals surface area contributed by atoms with Crippen LogP contribution in [-0.2, 0) is 22.6 Å². The summed E-state index contributed by atoms with van der Waals surface area (Å²) in [6.07, 6.45) is 0. The van der Waals surface area contributed by atoms with Gasteiger partial charge in [-0.3, -0.25) is 14.5 Å². The minimum atomic E-state index is -0.107. The number of amidine groups is 2. The largest absolute Gasteiger partial charge is 0.383 e. The predicted octanol–water partition coefficient (Wildman–Crippen LogP) is 1.93. The molecule has 0 atom stereocenters. The minimum Gasteiger partial charge on any atom is -0.383 e. The molecular weight excluding hydrogens is 432 g/mol. The lowest BCUT2D eigenvalue weighted by Crippen LogP contribution is -2.34. The van der Waals surface area contributed by atoms with E-state index in [0.717, 1.165) is 48.8 Å². The molecule has 2 aliphatic heterocycles. The van der Waals surface area contributed by atoms with Crippen LogP contribution in [0.2, 0.25) is 0 Å². The van der Waals surface area contributed by atoms with Gasteiger partial charge < -0.3 is 20.1 Å². The predicted molar refractivity (Wildman–Crippen MR) is 136 cm³/mol. The number of benzene rings is 1. The highest BCUT2D eigenvalue weighted by Gasteiger charge is 2.22. The summed E-state index contributed by atoms with van der Waals surface area (Å²) in [7, 11) is 1.62. The Morgan fingerprint density at radius 1 is 0.971 bits per heavy atom. The Bertz CT molecular complexity index is 1100. The van der Waals surface area contributed by atoms with Crippen LogP contribution in [0.1, 0.15) is 29.3 Å². The third kappa shape index (κ3) is 6.03. The van der Waals surface area contributed by atoms with Crippen molar-refractivity contribution in [3.63, 3.8) is 0 Å². The van der Waals surface area contributed by atoms with E-state index in [1.165, 1.54) is 0 Å². The molecule has 184 valence electrons. The SMILES string of the molecule is C=C(C)N1CCOCC1.CN=C(N=C(N)c1ccc(C)cc1)c1c(C)n2n(c1=O)CCOCC2. The maximum atomic E-state index is 12.8. The van der Waals surface area contributed by atoms with E-state index < -0.39 is 0 Å². The monoisotopic (exact) mass is 468 g/mol. The molecule has 0 saturated carbocycles. The van der Waals surface area contributed by atoms with Gasteiger partial charge in [-0.25, -0.2) is 9.67 Å². The molecule has 1 saturated heterocycles. The van der Waals surface area contributed by atoms with E-state index in [-0.39, 0.29) is 5.56 Å². The molecule has 1 aromatic heterocycles. The van der Waals surface area contributed by atoms with Crippen molar-refractivity contribution in [1.29, 1.82) is 0 Å². The van der Waals surface area contributed by atoms with E-state index in [2.05, 4.69) is 21.5 Å². The Morgan fingerprint density at radius 3 is 2.06 bits per heavy atom. The molecule has 0 amide bonds. The fourth-order valence-electron chi connectivity index (χ4n) is 3.94. The van der Waals surface area contributed by atoms with Crippen molar-refractivity contribution < 1.29 is 9.47 Å². The average molecular weight is 469 g/mol. The Kier molecular flexibility index (Phi) is 8.84. The number of allylic oxidation sites excluding steroid dienone is 1. The van der Waals surface area contributed by atoms with Crippen molar-refractivity contribution in [1.82, 2.24) is 14.3 Å². The second kappa shape index (κ2) is 11.8. The molecule has 0 spiro atoms. The summed E-state index contributed by atoms with van der Waals surface area (Å²) in [5, 5.41) is 0. The van der Waals surface area contributed by atoms with Gasteiger partial charge >= 0.3 is 0 Å². The van der Waals surface area contributed by atoms with Crippen LogP contribution in [0.15, 0.2) is 51.3 Å². The molecule has 0 aliphatic carbocycles. The maximum Gasteiger partial charge on any atom is 0.278 e. The quantitative estimate of drug-likeness (QED) is 0.548. The summed E-state index contributed by atoms with van der Waals surface area (Å²) in [5.74, 6) is 0.698. The second-order valence-corrected chi connectivity index (χ2v) is 8.37. The Labute approximate surface area is 201 Å². The van der Waals surface area contributed by atoms with E-state index in [9.17, 15) is 4.79 Å². The number of morpholine rings is 1. The lowest BCUT2D eigenvalue weighted by molar-refractivity contribution is 0.0540. The van der Waals surface area contributed by atoms with Crippen molar-refractivity contribution in [2.75, 3.05) is 46.6 Å². The topological polar surface area (TPSA) is 99.4 Å². The molecule has 0 unspecified atom stereocenters. The van der Waals surface area contributed by atoms with E-state index in [4.69, 9.17) is 15.2 Å². The highest BCUT2D eigenvalue weighted by Crippen LogP contribution is 2.11. The van der Waals surface area contributed by atoms with Crippen molar-refractivity contribution in [2.24, 2.45) is 15.7 Å². The van der Waals surface area contributed by atoms with Crippen molar-refractivity contribution in [3.05, 3.63) is 69.3 Å². The van der Waals surface area contributed by atoms with Gasteiger partial charge in [0.2, 0.25) is 0 Å². The Balaban J connectivity index is 0.000000302. The number of hydrogen-bond donors (Lipinski definition) is 1.